The van der Waals surface area contributed by atoms with Crippen molar-refractivity contribution in [2.75, 3.05) is 18.6 Å². The number of anilines is 1. The molecule has 2 aromatic heterocycles. The third-order valence-corrected chi connectivity index (χ3v) is 3.83. The molecule has 0 aliphatic heterocycles. The van der Waals surface area contributed by atoms with Crippen molar-refractivity contribution >= 4 is 23.9 Å². The standard InChI is InChI=1S/C19H23N3O3/c1-5-25-19(23)16-7-6-12-22(24)17(16)10-8-15-9-11-18(20-13-15)21(4)14(2)3/h6-14H,5H2,1-4H3/b10-8+. The molecule has 0 amide bonds. The van der Waals surface area contributed by atoms with Crippen molar-refractivity contribution in [3.8, 4) is 0 Å². The summed E-state index contributed by atoms with van der Waals surface area (Å²) in [5.41, 5.74) is 1.31. The van der Waals surface area contributed by atoms with Crippen LogP contribution in [0.3, 0.4) is 0 Å². The lowest BCUT2D eigenvalue weighted by atomic mass is 10.1. The number of carbonyl (C=O) groups is 1. The molecule has 0 N–H and O–H groups in total. The quantitative estimate of drug-likeness (QED) is 0.459. The lowest BCUT2D eigenvalue weighted by molar-refractivity contribution is -0.607. The normalized spacial score (nSPS) is 11.1. The summed E-state index contributed by atoms with van der Waals surface area (Å²) in [5, 5.41) is 12.0. The topological polar surface area (TPSA) is 69.4 Å². The van der Waals surface area contributed by atoms with E-state index in [1.54, 1.807) is 31.3 Å². The second-order valence-corrected chi connectivity index (χ2v) is 5.84. The Labute approximate surface area is 148 Å². The first kappa shape index (κ1) is 18.4. The SMILES string of the molecule is CCOC(=O)c1ccc[n+]([O-])c1/C=C/c1ccc(N(C)C(C)C)nc1. The van der Waals surface area contributed by atoms with E-state index in [4.69, 9.17) is 4.74 Å². The third-order valence-electron chi connectivity index (χ3n) is 3.83. The van der Waals surface area contributed by atoms with Crippen LogP contribution < -0.4 is 9.63 Å². The predicted molar refractivity (Wildman–Crippen MR) is 98.1 cm³/mol. The second-order valence-electron chi connectivity index (χ2n) is 5.84. The van der Waals surface area contributed by atoms with E-state index in [1.807, 2.05) is 19.2 Å². The first-order valence-electron chi connectivity index (χ1n) is 8.20. The Morgan fingerprint density at radius 2 is 2.12 bits per heavy atom. The zero-order valence-electron chi connectivity index (χ0n) is 15.0. The molecule has 2 heterocycles. The summed E-state index contributed by atoms with van der Waals surface area (Å²) in [6.07, 6.45) is 6.43. The van der Waals surface area contributed by atoms with E-state index in [1.165, 1.54) is 12.3 Å². The largest absolute Gasteiger partial charge is 0.618 e. The van der Waals surface area contributed by atoms with Crippen LogP contribution in [0.25, 0.3) is 12.2 Å². The number of rotatable bonds is 6. The number of hydrogen-bond acceptors (Lipinski definition) is 5. The van der Waals surface area contributed by atoms with Crippen LogP contribution in [0.15, 0.2) is 36.7 Å². The molecule has 2 rings (SSSR count). The monoisotopic (exact) mass is 341 g/mol. The minimum Gasteiger partial charge on any atom is -0.618 e. The molecule has 132 valence electrons. The number of ether oxygens (including phenoxy) is 1. The Morgan fingerprint density at radius 1 is 1.36 bits per heavy atom. The van der Waals surface area contributed by atoms with Gasteiger partial charge in [0, 0.05) is 31.4 Å². The smallest absolute Gasteiger partial charge is 0.344 e. The minimum absolute atomic E-state index is 0.236. The number of pyridine rings is 2. The Kier molecular flexibility index (Phi) is 6.11. The lowest BCUT2D eigenvalue weighted by Gasteiger charge is -2.22. The first-order chi connectivity index (χ1) is 11.9. The fraction of sp³-hybridized carbons (Fsp3) is 0.316. The average Bonchev–Trinajstić information content (AvgIpc) is 2.60. The lowest BCUT2D eigenvalue weighted by Crippen LogP contribution is -2.31. The molecule has 0 aromatic carbocycles. The van der Waals surface area contributed by atoms with Crippen LogP contribution >= 0.6 is 0 Å². The van der Waals surface area contributed by atoms with E-state index in [0.29, 0.717) is 10.8 Å². The highest BCUT2D eigenvalue weighted by atomic mass is 16.5. The number of carbonyl (C=O) groups excluding carboxylic acids is 1. The van der Waals surface area contributed by atoms with Gasteiger partial charge in [0.1, 0.15) is 11.4 Å². The molecular formula is C19H23N3O3. The van der Waals surface area contributed by atoms with Gasteiger partial charge >= 0.3 is 5.97 Å². The van der Waals surface area contributed by atoms with Crippen LogP contribution in [-0.2, 0) is 4.74 Å². The summed E-state index contributed by atoms with van der Waals surface area (Å²) >= 11 is 0. The molecule has 0 unspecified atom stereocenters. The number of nitrogens with zero attached hydrogens (tertiary/aromatic N) is 3. The molecule has 0 fully saturated rings. The molecule has 0 atom stereocenters. The van der Waals surface area contributed by atoms with Crippen molar-refractivity contribution in [3.05, 3.63) is 58.7 Å². The van der Waals surface area contributed by atoms with Gasteiger partial charge in [0.25, 0.3) is 0 Å². The summed E-state index contributed by atoms with van der Waals surface area (Å²) in [5.74, 6) is 0.359. The van der Waals surface area contributed by atoms with E-state index in [0.717, 1.165) is 11.4 Å². The van der Waals surface area contributed by atoms with Gasteiger partial charge < -0.3 is 14.8 Å². The van der Waals surface area contributed by atoms with Crippen LogP contribution in [0.5, 0.6) is 0 Å². The van der Waals surface area contributed by atoms with Gasteiger partial charge in [-0.15, -0.1) is 0 Å². The molecule has 0 aliphatic carbocycles. The number of esters is 1. The van der Waals surface area contributed by atoms with Gasteiger partial charge in [-0.2, -0.15) is 4.73 Å². The van der Waals surface area contributed by atoms with Crippen LogP contribution in [0.1, 0.15) is 42.4 Å². The van der Waals surface area contributed by atoms with Gasteiger partial charge in [-0.25, -0.2) is 9.78 Å². The summed E-state index contributed by atoms with van der Waals surface area (Å²) in [6, 6.07) is 7.28. The zero-order chi connectivity index (χ0) is 18.4. The fourth-order valence-corrected chi connectivity index (χ4v) is 2.19. The molecule has 0 saturated carbocycles. The molecule has 0 aliphatic rings. The third kappa shape index (κ3) is 4.56. The molecule has 0 spiro atoms. The van der Waals surface area contributed by atoms with Crippen molar-refractivity contribution in [2.45, 2.75) is 26.8 Å². The van der Waals surface area contributed by atoms with Gasteiger partial charge in [-0.1, -0.05) is 0 Å². The summed E-state index contributed by atoms with van der Waals surface area (Å²) in [7, 11) is 1.98. The highest BCUT2D eigenvalue weighted by Crippen LogP contribution is 2.15. The molecule has 25 heavy (non-hydrogen) atoms. The molecule has 6 heteroatoms. The highest BCUT2D eigenvalue weighted by molar-refractivity contribution is 5.93. The summed E-state index contributed by atoms with van der Waals surface area (Å²) in [6.45, 7) is 6.16. The van der Waals surface area contributed by atoms with E-state index in [2.05, 4.69) is 23.7 Å². The maximum Gasteiger partial charge on any atom is 0.344 e. The summed E-state index contributed by atoms with van der Waals surface area (Å²) in [4.78, 5) is 18.5. The van der Waals surface area contributed by atoms with Crippen LogP contribution in [0.2, 0.25) is 0 Å². The van der Waals surface area contributed by atoms with Gasteiger partial charge in [-0.3, -0.25) is 0 Å². The maximum atomic E-state index is 12.0. The average molecular weight is 341 g/mol. The Bertz CT molecular complexity index is 755. The predicted octanol–water partition coefficient (Wildman–Crippen LogP) is 2.91. The van der Waals surface area contributed by atoms with Gasteiger partial charge in [-0.05, 0) is 50.6 Å². The second kappa shape index (κ2) is 8.28. The van der Waals surface area contributed by atoms with Crippen LogP contribution in [-0.4, -0.2) is 30.6 Å². The van der Waals surface area contributed by atoms with E-state index < -0.39 is 5.97 Å². The number of aromatic nitrogens is 2. The molecule has 0 radical (unpaired) electrons. The first-order valence-corrected chi connectivity index (χ1v) is 8.20. The van der Waals surface area contributed by atoms with Gasteiger partial charge in [0.2, 0.25) is 5.69 Å². The van der Waals surface area contributed by atoms with Crippen molar-refractivity contribution < 1.29 is 14.3 Å². The van der Waals surface area contributed by atoms with Crippen molar-refractivity contribution in [2.24, 2.45) is 0 Å². The van der Waals surface area contributed by atoms with Gasteiger partial charge in [0.05, 0.1) is 6.61 Å². The minimum atomic E-state index is -0.514. The Balaban J connectivity index is 2.26. The van der Waals surface area contributed by atoms with Crippen molar-refractivity contribution in [1.29, 1.82) is 0 Å². The summed E-state index contributed by atoms with van der Waals surface area (Å²) < 4.78 is 5.65. The molecule has 0 bridgehead atoms. The Hall–Kier alpha value is -2.89. The van der Waals surface area contributed by atoms with Crippen molar-refractivity contribution in [3.63, 3.8) is 0 Å². The Morgan fingerprint density at radius 3 is 2.72 bits per heavy atom. The number of hydrogen-bond donors (Lipinski definition) is 0. The van der Waals surface area contributed by atoms with E-state index in [9.17, 15) is 10.0 Å². The fourth-order valence-electron chi connectivity index (χ4n) is 2.19. The van der Waals surface area contributed by atoms with E-state index in [-0.39, 0.29) is 17.9 Å². The molecule has 2 aromatic rings. The maximum absolute atomic E-state index is 12.0. The van der Waals surface area contributed by atoms with Crippen LogP contribution in [0, 0.1) is 5.21 Å². The molecular weight excluding hydrogens is 318 g/mol. The van der Waals surface area contributed by atoms with E-state index >= 15 is 0 Å². The van der Waals surface area contributed by atoms with Gasteiger partial charge in [0.15, 0.2) is 6.20 Å². The highest BCUT2D eigenvalue weighted by Gasteiger charge is 2.17. The zero-order valence-corrected chi connectivity index (χ0v) is 15.0. The molecule has 0 saturated heterocycles. The van der Waals surface area contributed by atoms with Crippen LogP contribution in [0.4, 0.5) is 5.82 Å². The van der Waals surface area contributed by atoms with Crippen molar-refractivity contribution in [1.82, 2.24) is 4.98 Å². The molecule has 6 nitrogen and oxygen atoms in total.